The molecule has 0 bridgehead atoms. The van der Waals surface area contributed by atoms with Crippen molar-refractivity contribution < 1.29 is 9.90 Å². The normalized spacial score (nSPS) is 9.18. The number of benzene rings is 1. The number of nitrogens with one attached hydrogen (secondary N) is 1. The van der Waals surface area contributed by atoms with Crippen LogP contribution in [0.2, 0.25) is 0 Å². The first kappa shape index (κ1) is 8.32. The first-order chi connectivity index (χ1) is 5.24. The lowest BCUT2D eigenvalue weighted by Crippen LogP contribution is -1.95. The van der Waals surface area contributed by atoms with E-state index in [9.17, 15) is 4.79 Å². The Bertz CT molecular complexity index is 275. The zero-order chi connectivity index (χ0) is 8.27. The molecule has 3 nitrogen and oxygen atoms in total. The standard InChI is InChI=1S/C7H6INO2/c8-9-6-3-1-2-5(4-6)7(10)11/h1-4,9H,(H,10,11). The van der Waals surface area contributed by atoms with Crippen molar-refractivity contribution in [1.82, 2.24) is 0 Å². The average Bonchev–Trinajstić information content (AvgIpc) is 2.05. The first-order valence-corrected chi connectivity index (χ1v) is 4.02. The van der Waals surface area contributed by atoms with Crippen LogP contribution in [0, 0.1) is 0 Å². The molecular formula is C7H6INO2. The van der Waals surface area contributed by atoms with E-state index < -0.39 is 5.97 Å². The highest BCUT2D eigenvalue weighted by Crippen LogP contribution is 2.11. The van der Waals surface area contributed by atoms with Gasteiger partial charge in [-0.25, -0.2) is 4.79 Å². The minimum absolute atomic E-state index is 0.298. The summed E-state index contributed by atoms with van der Waals surface area (Å²) in [5.74, 6) is -0.904. The quantitative estimate of drug-likeness (QED) is 0.634. The highest BCUT2D eigenvalue weighted by atomic mass is 127. The molecule has 2 N–H and O–H groups in total. The van der Waals surface area contributed by atoms with Crippen molar-refractivity contribution in [3.8, 4) is 0 Å². The van der Waals surface area contributed by atoms with E-state index in [0.29, 0.717) is 5.56 Å². The monoisotopic (exact) mass is 263 g/mol. The Kier molecular flexibility index (Phi) is 2.70. The van der Waals surface area contributed by atoms with Gasteiger partial charge < -0.3 is 8.64 Å². The summed E-state index contributed by atoms with van der Waals surface area (Å²) in [7, 11) is 0. The maximum absolute atomic E-state index is 10.4. The molecule has 0 aromatic heterocycles. The molecule has 11 heavy (non-hydrogen) atoms. The van der Waals surface area contributed by atoms with Gasteiger partial charge in [-0.15, -0.1) is 0 Å². The van der Waals surface area contributed by atoms with E-state index in [1.54, 1.807) is 24.3 Å². The molecule has 1 rings (SSSR count). The summed E-state index contributed by atoms with van der Waals surface area (Å²) >= 11 is 1.95. The van der Waals surface area contributed by atoms with Gasteiger partial charge in [0.05, 0.1) is 28.4 Å². The van der Waals surface area contributed by atoms with Crippen molar-refractivity contribution in [1.29, 1.82) is 0 Å². The lowest BCUT2D eigenvalue weighted by Gasteiger charge is -1.98. The third kappa shape index (κ3) is 2.07. The van der Waals surface area contributed by atoms with Gasteiger partial charge in [0.2, 0.25) is 0 Å². The minimum Gasteiger partial charge on any atom is -0.478 e. The molecule has 1 aromatic rings. The van der Waals surface area contributed by atoms with Crippen LogP contribution in [0.15, 0.2) is 24.3 Å². The number of carboxylic acid groups (broad SMARTS) is 1. The van der Waals surface area contributed by atoms with Gasteiger partial charge in [0.25, 0.3) is 0 Å². The molecule has 0 fully saturated rings. The summed E-state index contributed by atoms with van der Waals surface area (Å²) in [6.45, 7) is 0. The second kappa shape index (κ2) is 3.56. The fourth-order valence-corrected chi connectivity index (χ4v) is 1.05. The van der Waals surface area contributed by atoms with Crippen molar-refractivity contribution in [3.05, 3.63) is 29.8 Å². The number of aromatic carboxylic acids is 1. The predicted octanol–water partition coefficient (Wildman–Crippen LogP) is 2.15. The largest absolute Gasteiger partial charge is 0.478 e. The molecule has 0 heterocycles. The topological polar surface area (TPSA) is 49.3 Å². The van der Waals surface area contributed by atoms with Crippen LogP contribution in [-0.4, -0.2) is 11.1 Å². The Morgan fingerprint density at radius 1 is 1.55 bits per heavy atom. The van der Waals surface area contributed by atoms with Gasteiger partial charge in [-0.2, -0.15) is 0 Å². The molecule has 0 aliphatic rings. The number of hydrogen-bond acceptors (Lipinski definition) is 2. The van der Waals surface area contributed by atoms with Crippen LogP contribution in [0.25, 0.3) is 0 Å². The molecule has 0 atom stereocenters. The van der Waals surface area contributed by atoms with Gasteiger partial charge in [-0.1, -0.05) is 6.07 Å². The Morgan fingerprint density at radius 3 is 2.82 bits per heavy atom. The fourth-order valence-electron chi connectivity index (χ4n) is 0.711. The van der Waals surface area contributed by atoms with Gasteiger partial charge in [0, 0.05) is 5.69 Å². The summed E-state index contributed by atoms with van der Waals surface area (Å²) in [4.78, 5) is 10.4. The molecule has 4 heteroatoms. The summed E-state index contributed by atoms with van der Waals surface area (Å²) in [5.41, 5.74) is 1.09. The Balaban J connectivity index is 3.01. The highest BCUT2D eigenvalue weighted by molar-refractivity contribution is 14.1. The minimum atomic E-state index is -0.904. The molecule has 0 aliphatic heterocycles. The van der Waals surface area contributed by atoms with E-state index in [4.69, 9.17) is 5.11 Å². The predicted molar refractivity (Wildman–Crippen MR) is 51.0 cm³/mol. The second-order valence-electron chi connectivity index (χ2n) is 1.98. The molecule has 0 saturated carbocycles. The second-order valence-corrected chi connectivity index (χ2v) is 2.52. The molecular weight excluding hydrogens is 257 g/mol. The molecule has 0 unspecified atom stereocenters. The van der Waals surface area contributed by atoms with Gasteiger partial charge >= 0.3 is 5.97 Å². The lowest BCUT2D eigenvalue weighted by molar-refractivity contribution is 0.0697. The smallest absolute Gasteiger partial charge is 0.335 e. The van der Waals surface area contributed by atoms with Crippen LogP contribution in [0.3, 0.4) is 0 Å². The van der Waals surface area contributed by atoms with E-state index in [1.807, 2.05) is 22.9 Å². The van der Waals surface area contributed by atoms with Crippen LogP contribution in [-0.2, 0) is 0 Å². The molecule has 0 amide bonds. The lowest BCUT2D eigenvalue weighted by atomic mass is 10.2. The van der Waals surface area contributed by atoms with Crippen LogP contribution in [0.1, 0.15) is 10.4 Å². The van der Waals surface area contributed by atoms with Gasteiger partial charge in [0.1, 0.15) is 0 Å². The number of rotatable bonds is 2. The van der Waals surface area contributed by atoms with Crippen molar-refractivity contribution >= 4 is 34.5 Å². The van der Waals surface area contributed by atoms with Crippen molar-refractivity contribution in [3.63, 3.8) is 0 Å². The number of anilines is 1. The molecule has 0 radical (unpaired) electrons. The maximum Gasteiger partial charge on any atom is 0.335 e. The Labute approximate surface area is 77.9 Å². The number of carboxylic acids is 1. The summed E-state index contributed by atoms with van der Waals surface area (Å²) in [5, 5.41) is 8.57. The summed E-state index contributed by atoms with van der Waals surface area (Å²) in [6, 6.07) is 6.64. The van der Waals surface area contributed by atoms with Crippen molar-refractivity contribution in [2.24, 2.45) is 0 Å². The van der Waals surface area contributed by atoms with Gasteiger partial charge in [-0.3, -0.25) is 0 Å². The van der Waals surface area contributed by atoms with E-state index in [1.165, 1.54) is 0 Å². The van der Waals surface area contributed by atoms with Gasteiger partial charge in [-0.05, 0) is 18.2 Å². The van der Waals surface area contributed by atoms with Crippen molar-refractivity contribution in [2.45, 2.75) is 0 Å². The third-order valence-corrected chi connectivity index (χ3v) is 1.84. The van der Waals surface area contributed by atoms with Crippen LogP contribution in [0.4, 0.5) is 5.69 Å². The average molecular weight is 263 g/mol. The van der Waals surface area contributed by atoms with Gasteiger partial charge in [0.15, 0.2) is 0 Å². The molecule has 58 valence electrons. The first-order valence-electron chi connectivity index (χ1n) is 2.94. The van der Waals surface area contributed by atoms with Crippen LogP contribution < -0.4 is 3.53 Å². The summed E-state index contributed by atoms with van der Waals surface area (Å²) < 4.78 is 2.83. The SMILES string of the molecule is O=C(O)c1cccc(NI)c1. The molecule has 1 aromatic carbocycles. The maximum atomic E-state index is 10.4. The number of hydrogen-bond donors (Lipinski definition) is 2. The zero-order valence-corrected chi connectivity index (χ0v) is 7.70. The molecule has 0 spiro atoms. The fraction of sp³-hybridized carbons (Fsp3) is 0. The molecule has 0 aliphatic carbocycles. The highest BCUT2D eigenvalue weighted by Gasteiger charge is 2.01. The van der Waals surface area contributed by atoms with Crippen molar-refractivity contribution in [2.75, 3.05) is 3.53 Å². The number of carbonyl (C=O) groups is 1. The third-order valence-electron chi connectivity index (χ3n) is 1.22. The van der Waals surface area contributed by atoms with Crippen LogP contribution >= 0.6 is 22.9 Å². The van der Waals surface area contributed by atoms with E-state index >= 15 is 0 Å². The number of halogens is 1. The van der Waals surface area contributed by atoms with Crippen LogP contribution in [0.5, 0.6) is 0 Å². The Morgan fingerprint density at radius 2 is 2.27 bits per heavy atom. The molecule has 0 saturated heterocycles. The zero-order valence-electron chi connectivity index (χ0n) is 5.54. The van der Waals surface area contributed by atoms with E-state index in [2.05, 4.69) is 3.53 Å². The van der Waals surface area contributed by atoms with E-state index in [0.717, 1.165) is 5.69 Å². The summed E-state index contributed by atoms with van der Waals surface area (Å²) in [6.07, 6.45) is 0. The Hall–Kier alpha value is -0.780. The van der Waals surface area contributed by atoms with E-state index in [-0.39, 0.29) is 0 Å².